The molecule has 1 aliphatic carbocycles. The summed E-state index contributed by atoms with van der Waals surface area (Å²) in [5.74, 6) is 2.38. The van der Waals surface area contributed by atoms with Gasteiger partial charge in [-0.25, -0.2) is 0 Å². The second kappa shape index (κ2) is 5.09. The van der Waals surface area contributed by atoms with Crippen LogP contribution < -0.4 is 9.47 Å². The van der Waals surface area contributed by atoms with Gasteiger partial charge in [-0.05, 0) is 36.5 Å². The summed E-state index contributed by atoms with van der Waals surface area (Å²) in [5, 5.41) is 0. The number of halogens is 1. The zero-order chi connectivity index (χ0) is 11.5. The Morgan fingerprint density at radius 2 is 1.88 bits per heavy atom. The third-order valence-corrected chi connectivity index (χ3v) is 4.57. The fourth-order valence-electron chi connectivity index (χ4n) is 2.03. The van der Waals surface area contributed by atoms with Crippen LogP contribution in [0.1, 0.15) is 29.7 Å². The Bertz CT molecular complexity index is 361. The van der Waals surface area contributed by atoms with Crippen LogP contribution in [0.2, 0.25) is 0 Å². The lowest BCUT2D eigenvalue weighted by molar-refractivity contribution is 0.311. The van der Waals surface area contributed by atoms with Gasteiger partial charge in [0.2, 0.25) is 0 Å². The summed E-state index contributed by atoms with van der Waals surface area (Å²) in [7, 11) is 3.34. The van der Waals surface area contributed by atoms with Crippen molar-refractivity contribution in [3.05, 3.63) is 23.8 Å². The van der Waals surface area contributed by atoms with E-state index in [1.54, 1.807) is 14.2 Å². The highest BCUT2D eigenvalue weighted by molar-refractivity contribution is 9.09. The van der Waals surface area contributed by atoms with Crippen molar-refractivity contribution in [3.63, 3.8) is 0 Å². The Morgan fingerprint density at radius 1 is 1.19 bits per heavy atom. The molecule has 0 amide bonds. The molecule has 1 aliphatic rings. The van der Waals surface area contributed by atoms with Crippen LogP contribution in [0.4, 0.5) is 0 Å². The molecule has 0 radical (unpaired) electrons. The van der Waals surface area contributed by atoms with Crippen LogP contribution in [-0.4, -0.2) is 14.2 Å². The highest BCUT2D eigenvalue weighted by Gasteiger charge is 2.26. The van der Waals surface area contributed by atoms with Gasteiger partial charge in [0.1, 0.15) is 0 Å². The molecule has 0 spiro atoms. The fourth-order valence-corrected chi connectivity index (χ4v) is 2.84. The molecule has 0 aliphatic heterocycles. The predicted octanol–water partition coefficient (Wildman–Crippen LogP) is 3.94. The van der Waals surface area contributed by atoms with Crippen LogP contribution >= 0.6 is 15.9 Å². The molecular weight excluding hydrogens is 268 g/mol. The molecule has 2 rings (SSSR count). The third-order valence-electron chi connectivity index (χ3n) is 3.29. The summed E-state index contributed by atoms with van der Waals surface area (Å²) in [6.45, 7) is 0. The van der Waals surface area contributed by atoms with Gasteiger partial charge in [-0.1, -0.05) is 28.4 Å². The Balaban J connectivity index is 2.20. The van der Waals surface area contributed by atoms with Gasteiger partial charge in [0, 0.05) is 4.83 Å². The Morgan fingerprint density at radius 3 is 2.38 bits per heavy atom. The van der Waals surface area contributed by atoms with Crippen LogP contribution in [0, 0.1) is 5.92 Å². The summed E-state index contributed by atoms with van der Waals surface area (Å²) in [6, 6.07) is 6.15. The first-order chi connectivity index (χ1) is 7.76. The molecule has 16 heavy (non-hydrogen) atoms. The average molecular weight is 285 g/mol. The number of ether oxygens (including phenoxy) is 2. The Kier molecular flexibility index (Phi) is 3.74. The molecule has 0 bridgehead atoms. The van der Waals surface area contributed by atoms with Crippen molar-refractivity contribution in [1.82, 2.24) is 0 Å². The molecule has 1 atom stereocenters. The van der Waals surface area contributed by atoms with Crippen LogP contribution in [0.25, 0.3) is 0 Å². The zero-order valence-electron chi connectivity index (χ0n) is 9.70. The summed E-state index contributed by atoms with van der Waals surface area (Å²) in [5.41, 5.74) is 1.28. The van der Waals surface area contributed by atoms with Gasteiger partial charge in [-0.2, -0.15) is 0 Å². The van der Waals surface area contributed by atoms with Gasteiger partial charge in [0.15, 0.2) is 11.5 Å². The first-order valence-electron chi connectivity index (χ1n) is 5.62. The lowest BCUT2D eigenvalue weighted by Gasteiger charge is -2.30. The highest BCUT2D eigenvalue weighted by Crippen LogP contribution is 2.44. The first kappa shape index (κ1) is 11.8. The number of methoxy groups -OCH3 is 2. The molecule has 1 aromatic carbocycles. The normalized spacial score (nSPS) is 17.7. The number of alkyl halides is 1. The number of benzene rings is 1. The van der Waals surface area contributed by atoms with E-state index in [4.69, 9.17) is 9.47 Å². The minimum Gasteiger partial charge on any atom is -0.493 e. The standard InChI is InChI=1S/C13H17BrO2/c1-15-11-7-6-10(8-12(11)16-2)13(14)9-4-3-5-9/h6-9,13H,3-5H2,1-2H3. The quantitative estimate of drug-likeness (QED) is 0.780. The van der Waals surface area contributed by atoms with Crippen LogP contribution in [0.15, 0.2) is 18.2 Å². The third kappa shape index (κ3) is 2.19. The van der Waals surface area contributed by atoms with E-state index in [1.165, 1.54) is 24.8 Å². The first-order valence-corrected chi connectivity index (χ1v) is 6.54. The molecule has 2 nitrogen and oxygen atoms in total. The van der Waals surface area contributed by atoms with Crippen molar-refractivity contribution in [2.75, 3.05) is 14.2 Å². The van der Waals surface area contributed by atoms with Gasteiger partial charge in [0.25, 0.3) is 0 Å². The number of hydrogen-bond donors (Lipinski definition) is 0. The Hall–Kier alpha value is -0.700. The molecule has 3 heteroatoms. The maximum absolute atomic E-state index is 5.31. The van der Waals surface area contributed by atoms with Crippen molar-refractivity contribution >= 4 is 15.9 Å². The van der Waals surface area contributed by atoms with Crippen molar-refractivity contribution in [2.24, 2.45) is 5.92 Å². The number of hydrogen-bond acceptors (Lipinski definition) is 2. The van der Waals surface area contributed by atoms with E-state index in [-0.39, 0.29) is 0 Å². The van der Waals surface area contributed by atoms with Crippen LogP contribution in [-0.2, 0) is 0 Å². The van der Waals surface area contributed by atoms with Gasteiger partial charge >= 0.3 is 0 Å². The van der Waals surface area contributed by atoms with Gasteiger partial charge in [-0.3, -0.25) is 0 Å². The monoisotopic (exact) mass is 284 g/mol. The Labute approximate surface area is 105 Å². The SMILES string of the molecule is COc1ccc(C(Br)C2CCC2)cc1OC. The lowest BCUT2D eigenvalue weighted by Crippen LogP contribution is -2.16. The van der Waals surface area contributed by atoms with Crippen molar-refractivity contribution < 1.29 is 9.47 Å². The van der Waals surface area contributed by atoms with Crippen molar-refractivity contribution in [1.29, 1.82) is 0 Å². The molecule has 1 aromatic rings. The molecule has 1 unspecified atom stereocenters. The van der Waals surface area contributed by atoms with Crippen molar-refractivity contribution in [2.45, 2.75) is 24.1 Å². The summed E-state index contributed by atoms with van der Waals surface area (Å²) in [4.78, 5) is 0.445. The van der Waals surface area contributed by atoms with E-state index in [0.717, 1.165) is 17.4 Å². The second-order valence-electron chi connectivity index (χ2n) is 4.21. The average Bonchev–Trinajstić information content (AvgIpc) is 2.25. The maximum atomic E-state index is 5.31. The van der Waals surface area contributed by atoms with E-state index in [9.17, 15) is 0 Å². The van der Waals surface area contributed by atoms with E-state index in [2.05, 4.69) is 28.1 Å². The number of rotatable bonds is 4. The topological polar surface area (TPSA) is 18.5 Å². The van der Waals surface area contributed by atoms with Gasteiger partial charge < -0.3 is 9.47 Å². The largest absolute Gasteiger partial charge is 0.493 e. The summed E-state index contributed by atoms with van der Waals surface area (Å²) >= 11 is 3.78. The van der Waals surface area contributed by atoms with Crippen LogP contribution in [0.3, 0.4) is 0 Å². The predicted molar refractivity (Wildman–Crippen MR) is 68.6 cm³/mol. The minimum absolute atomic E-state index is 0.445. The van der Waals surface area contributed by atoms with E-state index >= 15 is 0 Å². The summed E-state index contributed by atoms with van der Waals surface area (Å²) in [6.07, 6.45) is 4.01. The highest BCUT2D eigenvalue weighted by atomic mass is 79.9. The summed E-state index contributed by atoms with van der Waals surface area (Å²) < 4.78 is 10.5. The smallest absolute Gasteiger partial charge is 0.161 e. The maximum Gasteiger partial charge on any atom is 0.161 e. The van der Waals surface area contributed by atoms with Crippen molar-refractivity contribution in [3.8, 4) is 11.5 Å². The molecular formula is C13H17BrO2. The molecule has 1 saturated carbocycles. The van der Waals surface area contributed by atoms with Gasteiger partial charge in [0.05, 0.1) is 14.2 Å². The minimum atomic E-state index is 0.445. The lowest BCUT2D eigenvalue weighted by atomic mass is 9.81. The molecule has 88 valence electrons. The molecule has 0 heterocycles. The molecule has 0 aromatic heterocycles. The molecule has 0 N–H and O–H groups in total. The fraction of sp³-hybridized carbons (Fsp3) is 0.538. The van der Waals surface area contributed by atoms with E-state index in [0.29, 0.717) is 4.83 Å². The van der Waals surface area contributed by atoms with Gasteiger partial charge in [-0.15, -0.1) is 0 Å². The zero-order valence-corrected chi connectivity index (χ0v) is 11.3. The molecule has 0 saturated heterocycles. The second-order valence-corrected chi connectivity index (χ2v) is 5.19. The van der Waals surface area contributed by atoms with Crippen LogP contribution in [0.5, 0.6) is 11.5 Å². The molecule has 1 fully saturated rings. The van der Waals surface area contributed by atoms with E-state index in [1.807, 2.05) is 6.07 Å². The van der Waals surface area contributed by atoms with E-state index < -0.39 is 0 Å².